The maximum atomic E-state index is 12.1. The van der Waals surface area contributed by atoms with Gasteiger partial charge in [0.1, 0.15) is 18.0 Å². The van der Waals surface area contributed by atoms with Crippen molar-refractivity contribution >= 4 is 17.3 Å². The van der Waals surface area contributed by atoms with E-state index in [1.54, 1.807) is 6.07 Å². The molecule has 7 nitrogen and oxygen atoms in total. The first-order valence-corrected chi connectivity index (χ1v) is 7.97. The van der Waals surface area contributed by atoms with Gasteiger partial charge in [-0.25, -0.2) is 0 Å². The van der Waals surface area contributed by atoms with Gasteiger partial charge in [0.2, 0.25) is 5.91 Å². The standard InChI is InChI=1S/C18H18N2O5/c21-18(14-8-9-24-12-14)19-16-7-6-15(10-17(16)20(22)23)25-11-13-4-2-1-3-5-13/h1-7,10,14H,8-9,11-12H2,(H,19,21). The summed E-state index contributed by atoms with van der Waals surface area (Å²) in [5, 5.41) is 13.9. The van der Waals surface area contributed by atoms with Crippen molar-refractivity contribution in [2.24, 2.45) is 5.92 Å². The molecule has 0 saturated carbocycles. The van der Waals surface area contributed by atoms with Crippen LogP contribution in [0.4, 0.5) is 11.4 Å². The number of ether oxygens (including phenoxy) is 2. The number of nitrogens with zero attached hydrogens (tertiary/aromatic N) is 1. The maximum Gasteiger partial charge on any atom is 0.296 e. The molecular formula is C18H18N2O5. The first-order chi connectivity index (χ1) is 12.1. The minimum atomic E-state index is -0.532. The molecule has 0 radical (unpaired) electrons. The number of nitrogens with one attached hydrogen (secondary N) is 1. The molecule has 25 heavy (non-hydrogen) atoms. The molecular weight excluding hydrogens is 324 g/mol. The van der Waals surface area contributed by atoms with Crippen LogP contribution in [0.3, 0.4) is 0 Å². The highest BCUT2D eigenvalue weighted by Gasteiger charge is 2.26. The van der Waals surface area contributed by atoms with Crippen LogP contribution in [0.15, 0.2) is 48.5 Å². The molecule has 0 aromatic heterocycles. The normalized spacial score (nSPS) is 16.4. The molecule has 0 bridgehead atoms. The van der Waals surface area contributed by atoms with Crippen LogP contribution in [-0.4, -0.2) is 24.0 Å². The zero-order chi connectivity index (χ0) is 17.6. The number of benzene rings is 2. The molecule has 1 saturated heterocycles. The number of nitro benzene ring substituents is 1. The van der Waals surface area contributed by atoms with E-state index in [9.17, 15) is 14.9 Å². The lowest BCUT2D eigenvalue weighted by Crippen LogP contribution is -2.23. The lowest BCUT2D eigenvalue weighted by atomic mass is 10.1. The second-order valence-electron chi connectivity index (χ2n) is 5.76. The molecule has 1 fully saturated rings. The van der Waals surface area contributed by atoms with Crippen molar-refractivity contribution in [3.05, 3.63) is 64.2 Å². The summed E-state index contributed by atoms with van der Waals surface area (Å²) in [4.78, 5) is 22.9. The van der Waals surface area contributed by atoms with Gasteiger partial charge in [-0.3, -0.25) is 14.9 Å². The molecule has 1 unspecified atom stereocenters. The highest BCUT2D eigenvalue weighted by molar-refractivity contribution is 5.95. The minimum absolute atomic E-state index is 0.161. The molecule has 2 aromatic carbocycles. The SMILES string of the molecule is O=C(Nc1ccc(OCc2ccccc2)cc1[N+](=O)[O-])C1CCOC1. The Morgan fingerprint density at radius 3 is 2.76 bits per heavy atom. The lowest BCUT2D eigenvalue weighted by Gasteiger charge is -2.11. The molecule has 2 aromatic rings. The van der Waals surface area contributed by atoms with Crippen LogP contribution < -0.4 is 10.1 Å². The van der Waals surface area contributed by atoms with Gasteiger partial charge >= 0.3 is 0 Å². The Bertz CT molecular complexity index is 757. The van der Waals surface area contributed by atoms with Gasteiger partial charge in [0.05, 0.1) is 23.5 Å². The fourth-order valence-electron chi connectivity index (χ4n) is 2.57. The van der Waals surface area contributed by atoms with Crippen molar-refractivity contribution in [1.29, 1.82) is 0 Å². The Morgan fingerprint density at radius 2 is 2.08 bits per heavy atom. The molecule has 1 heterocycles. The van der Waals surface area contributed by atoms with Gasteiger partial charge in [-0.1, -0.05) is 30.3 Å². The summed E-state index contributed by atoms with van der Waals surface area (Å²) in [5.74, 6) is -0.162. The molecule has 1 aliphatic heterocycles. The molecule has 130 valence electrons. The lowest BCUT2D eigenvalue weighted by molar-refractivity contribution is -0.384. The van der Waals surface area contributed by atoms with Crippen LogP contribution in [0.5, 0.6) is 5.75 Å². The molecule has 1 aliphatic rings. The first-order valence-electron chi connectivity index (χ1n) is 7.97. The second-order valence-corrected chi connectivity index (χ2v) is 5.76. The summed E-state index contributed by atoms with van der Waals surface area (Å²) in [6.07, 6.45) is 0.623. The van der Waals surface area contributed by atoms with Gasteiger partial charge in [-0.2, -0.15) is 0 Å². The third-order valence-corrected chi connectivity index (χ3v) is 3.97. The maximum absolute atomic E-state index is 12.1. The zero-order valence-corrected chi connectivity index (χ0v) is 13.5. The fraction of sp³-hybridized carbons (Fsp3) is 0.278. The van der Waals surface area contributed by atoms with E-state index in [1.165, 1.54) is 12.1 Å². The van der Waals surface area contributed by atoms with E-state index in [-0.39, 0.29) is 23.2 Å². The van der Waals surface area contributed by atoms with Crippen molar-refractivity contribution in [3.8, 4) is 5.75 Å². The number of hydrogen-bond acceptors (Lipinski definition) is 5. The van der Waals surface area contributed by atoms with Crippen molar-refractivity contribution in [2.45, 2.75) is 13.0 Å². The average Bonchev–Trinajstić information content (AvgIpc) is 3.16. The molecule has 7 heteroatoms. The molecule has 1 atom stereocenters. The van der Waals surface area contributed by atoms with Crippen LogP contribution in [0.25, 0.3) is 0 Å². The fourth-order valence-corrected chi connectivity index (χ4v) is 2.57. The number of hydrogen-bond donors (Lipinski definition) is 1. The Morgan fingerprint density at radius 1 is 1.28 bits per heavy atom. The summed E-state index contributed by atoms with van der Waals surface area (Å²) in [7, 11) is 0. The molecule has 3 rings (SSSR count). The van der Waals surface area contributed by atoms with Gasteiger partial charge in [-0.15, -0.1) is 0 Å². The zero-order valence-electron chi connectivity index (χ0n) is 13.5. The minimum Gasteiger partial charge on any atom is -0.489 e. The number of carbonyl (C=O) groups is 1. The van der Waals surface area contributed by atoms with Gasteiger partial charge < -0.3 is 14.8 Å². The summed E-state index contributed by atoms with van der Waals surface area (Å²) in [6, 6.07) is 13.9. The number of anilines is 1. The Labute approximate surface area is 144 Å². The number of nitro groups is 1. The van der Waals surface area contributed by atoms with Crippen LogP contribution in [0, 0.1) is 16.0 Å². The van der Waals surface area contributed by atoms with Gasteiger partial charge in [0, 0.05) is 6.61 Å². The largest absolute Gasteiger partial charge is 0.489 e. The highest BCUT2D eigenvalue weighted by Crippen LogP contribution is 2.30. The predicted molar refractivity (Wildman–Crippen MR) is 91.4 cm³/mol. The van der Waals surface area contributed by atoms with Gasteiger partial charge in [0.15, 0.2) is 0 Å². The van der Waals surface area contributed by atoms with E-state index in [0.29, 0.717) is 32.0 Å². The topological polar surface area (TPSA) is 90.7 Å². The van der Waals surface area contributed by atoms with Crippen LogP contribution in [0.2, 0.25) is 0 Å². The molecule has 0 spiro atoms. The van der Waals surface area contributed by atoms with Crippen LogP contribution >= 0.6 is 0 Å². The predicted octanol–water partition coefficient (Wildman–Crippen LogP) is 3.15. The molecule has 1 amide bonds. The van der Waals surface area contributed by atoms with E-state index < -0.39 is 4.92 Å². The smallest absolute Gasteiger partial charge is 0.296 e. The Kier molecular flexibility index (Phi) is 5.25. The van der Waals surface area contributed by atoms with Crippen molar-refractivity contribution in [3.63, 3.8) is 0 Å². The van der Waals surface area contributed by atoms with Crippen molar-refractivity contribution in [1.82, 2.24) is 0 Å². The van der Waals surface area contributed by atoms with Gasteiger partial charge in [0.25, 0.3) is 5.69 Å². The van der Waals surface area contributed by atoms with E-state index in [0.717, 1.165) is 5.56 Å². The summed E-state index contributed by atoms with van der Waals surface area (Å²) < 4.78 is 10.8. The third-order valence-electron chi connectivity index (χ3n) is 3.97. The number of carbonyl (C=O) groups excluding carboxylic acids is 1. The molecule has 1 N–H and O–H groups in total. The van der Waals surface area contributed by atoms with E-state index in [2.05, 4.69) is 5.32 Å². The van der Waals surface area contributed by atoms with Crippen LogP contribution in [-0.2, 0) is 16.1 Å². The number of rotatable bonds is 6. The Hall–Kier alpha value is -2.93. The van der Waals surface area contributed by atoms with E-state index in [1.807, 2.05) is 30.3 Å². The van der Waals surface area contributed by atoms with Gasteiger partial charge in [-0.05, 0) is 24.1 Å². The number of amides is 1. The van der Waals surface area contributed by atoms with E-state index in [4.69, 9.17) is 9.47 Å². The molecule has 0 aliphatic carbocycles. The average molecular weight is 342 g/mol. The van der Waals surface area contributed by atoms with Crippen molar-refractivity contribution < 1.29 is 19.2 Å². The van der Waals surface area contributed by atoms with Crippen molar-refractivity contribution in [2.75, 3.05) is 18.5 Å². The van der Waals surface area contributed by atoms with E-state index >= 15 is 0 Å². The second kappa shape index (κ2) is 7.76. The summed E-state index contributed by atoms with van der Waals surface area (Å²) >= 11 is 0. The summed E-state index contributed by atoms with van der Waals surface area (Å²) in [5.41, 5.74) is 0.926. The highest BCUT2D eigenvalue weighted by atomic mass is 16.6. The Balaban J connectivity index is 1.71. The van der Waals surface area contributed by atoms with Crippen LogP contribution in [0.1, 0.15) is 12.0 Å². The quantitative estimate of drug-likeness (QED) is 0.643. The monoisotopic (exact) mass is 342 g/mol. The first kappa shape index (κ1) is 16.9. The summed E-state index contributed by atoms with van der Waals surface area (Å²) in [6.45, 7) is 1.19. The third kappa shape index (κ3) is 4.33.